The number of nitrogens with zero attached hydrogens (tertiary/aromatic N) is 2. The maximum Gasteiger partial charge on any atom is 0.249 e. The molecule has 0 spiro atoms. The van der Waals surface area contributed by atoms with Crippen LogP contribution >= 0.6 is 15.9 Å². The van der Waals surface area contributed by atoms with Gasteiger partial charge in [0.05, 0.1) is 5.69 Å². The number of nitrogens with one attached hydrogen (secondary N) is 1. The van der Waals surface area contributed by atoms with Crippen molar-refractivity contribution in [1.29, 1.82) is 0 Å². The van der Waals surface area contributed by atoms with E-state index in [9.17, 15) is 8.42 Å². The summed E-state index contributed by atoms with van der Waals surface area (Å²) in [5.74, 6) is 0. The number of halogens is 1. The van der Waals surface area contributed by atoms with Gasteiger partial charge in [-0.05, 0) is 51.8 Å². The Morgan fingerprint density at radius 1 is 1.26 bits per heavy atom. The van der Waals surface area contributed by atoms with Crippen LogP contribution in [0.2, 0.25) is 0 Å². The first kappa shape index (κ1) is 19.5. The van der Waals surface area contributed by atoms with E-state index < -0.39 is 15.3 Å². The Kier molecular flexibility index (Phi) is 5.94. The zero-order valence-electron chi connectivity index (χ0n) is 14.8. The molecule has 3 aromatic rings. The molecule has 140 valence electrons. The lowest BCUT2D eigenvalue weighted by Crippen LogP contribution is -2.20. The maximum atomic E-state index is 13.5. The van der Waals surface area contributed by atoms with E-state index in [1.165, 1.54) is 10.0 Å². The normalized spacial score (nSPS) is 12.7. The number of rotatable bonds is 7. The average molecular weight is 446 g/mol. The molecule has 27 heavy (non-hydrogen) atoms. The molecule has 0 bridgehead atoms. The molecule has 0 aliphatic carbocycles. The van der Waals surface area contributed by atoms with E-state index in [1.807, 2.05) is 43.4 Å². The highest BCUT2D eigenvalue weighted by atomic mass is 79.9. The lowest BCUT2D eigenvalue weighted by atomic mass is 10.1. The largest absolute Gasteiger partial charge is 0.316 e. The molecule has 1 aromatic carbocycles. The molecular weight excluding hydrogens is 426 g/mol. The molecule has 1 unspecified atom stereocenters. The molecule has 2 aromatic heterocycles. The molecule has 3 rings (SSSR count). The van der Waals surface area contributed by atoms with Crippen molar-refractivity contribution < 1.29 is 8.42 Å². The highest BCUT2D eigenvalue weighted by molar-refractivity contribution is 9.10. The molecule has 0 aliphatic heterocycles. The molecule has 2 heterocycles. The van der Waals surface area contributed by atoms with E-state index in [0.717, 1.165) is 11.1 Å². The summed E-state index contributed by atoms with van der Waals surface area (Å²) in [5, 5.41) is 2.15. The molecule has 1 N–H and O–H groups in total. The summed E-state index contributed by atoms with van der Waals surface area (Å²) in [6.07, 6.45) is 6.27. The lowest BCUT2D eigenvalue weighted by molar-refractivity contribution is 0.581. The van der Waals surface area contributed by atoms with Crippen molar-refractivity contribution in [2.45, 2.75) is 11.8 Å². The molecule has 1 atom stereocenters. The van der Waals surface area contributed by atoms with Gasteiger partial charge in [-0.15, -0.1) is 6.58 Å². The van der Waals surface area contributed by atoms with Crippen molar-refractivity contribution in [3.63, 3.8) is 0 Å². The van der Waals surface area contributed by atoms with Gasteiger partial charge in [0.2, 0.25) is 10.0 Å². The summed E-state index contributed by atoms with van der Waals surface area (Å²) >= 11 is 3.35. The zero-order chi connectivity index (χ0) is 19.4. The molecule has 0 aliphatic rings. The Labute approximate surface area is 167 Å². The van der Waals surface area contributed by atoms with Gasteiger partial charge in [0, 0.05) is 29.6 Å². The van der Waals surface area contributed by atoms with E-state index in [0.29, 0.717) is 22.3 Å². The van der Waals surface area contributed by atoms with Crippen LogP contribution in [-0.4, -0.2) is 24.4 Å². The van der Waals surface area contributed by atoms with Crippen molar-refractivity contribution in [2.75, 3.05) is 7.05 Å². The van der Waals surface area contributed by atoms with Crippen LogP contribution in [0.3, 0.4) is 0 Å². The Hall–Kier alpha value is -2.22. The quantitative estimate of drug-likeness (QED) is 0.555. The maximum absolute atomic E-state index is 13.5. The van der Waals surface area contributed by atoms with E-state index in [1.54, 1.807) is 24.7 Å². The Balaban J connectivity index is 2.17. The third-order valence-electron chi connectivity index (χ3n) is 4.16. The number of benzene rings is 1. The van der Waals surface area contributed by atoms with Crippen LogP contribution in [0.25, 0.3) is 11.3 Å². The second kappa shape index (κ2) is 8.21. The van der Waals surface area contributed by atoms with Crippen LogP contribution in [0, 0.1) is 0 Å². The predicted molar refractivity (Wildman–Crippen MR) is 112 cm³/mol. The SMILES string of the molecule is C=CC(c1cncc(Br)c1)S(=O)(=O)n1cc(CNC)cc1-c1ccccc1. The monoisotopic (exact) mass is 445 g/mol. The summed E-state index contributed by atoms with van der Waals surface area (Å²) in [4.78, 5) is 4.10. The first-order valence-corrected chi connectivity index (χ1v) is 10.7. The van der Waals surface area contributed by atoms with Crippen molar-refractivity contribution in [1.82, 2.24) is 14.3 Å². The summed E-state index contributed by atoms with van der Waals surface area (Å²) in [5.41, 5.74) is 2.90. The van der Waals surface area contributed by atoms with Crippen LogP contribution in [0.4, 0.5) is 0 Å². The van der Waals surface area contributed by atoms with E-state index >= 15 is 0 Å². The van der Waals surface area contributed by atoms with Crippen LogP contribution in [-0.2, 0) is 16.6 Å². The standard InChI is InChI=1S/C20H20BrN3O2S/c1-3-20(17-10-18(21)13-23-12-17)27(25,26)24-14-15(11-22-2)9-19(24)16-7-5-4-6-8-16/h3-10,12-14,20,22H,1,11H2,2H3. The lowest BCUT2D eigenvalue weighted by Gasteiger charge is -2.17. The minimum Gasteiger partial charge on any atom is -0.316 e. The number of pyridine rings is 1. The first-order valence-electron chi connectivity index (χ1n) is 8.36. The molecule has 5 nitrogen and oxygen atoms in total. The Bertz CT molecular complexity index is 1050. The van der Waals surface area contributed by atoms with Crippen molar-refractivity contribution >= 4 is 26.0 Å². The van der Waals surface area contributed by atoms with Gasteiger partial charge in [0.1, 0.15) is 5.25 Å². The Morgan fingerprint density at radius 3 is 2.63 bits per heavy atom. The minimum atomic E-state index is -3.79. The molecule has 0 saturated carbocycles. The van der Waals surface area contributed by atoms with Gasteiger partial charge in [0.15, 0.2) is 0 Å². The number of aromatic nitrogens is 2. The van der Waals surface area contributed by atoms with Crippen molar-refractivity contribution in [3.8, 4) is 11.3 Å². The highest BCUT2D eigenvalue weighted by Crippen LogP contribution is 2.32. The van der Waals surface area contributed by atoms with Gasteiger partial charge in [-0.1, -0.05) is 36.4 Å². The van der Waals surface area contributed by atoms with Gasteiger partial charge in [-0.25, -0.2) is 12.4 Å². The van der Waals surface area contributed by atoms with Crippen LogP contribution in [0.1, 0.15) is 16.4 Å². The van der Waals surface area contributed by atoms with Crippen LogP contribution in [0.15, 0.2) is 78.2 Å². The second-order valence-electron chi connectivity index (χ2n) is 6.06. The molecule has 0 radical (unpaired) electrons. The summed E-state index contributed by atoms with van der Waals surface area (Å²) < 4.78 is 29.1. The van der Waals surface area contributed by atoms with Gasteiger partial charge >= 0.3 is 0 Å². The second-order valence-corrected chi connectivity index (χ2v) is 8.91. The molecule has 0 saturated heterocycles. The third-order valence-corrected chi connectivity index (χ3v) is 6.55. The fraction of sp³-hybridized carbons (Fsp3) is 0.150. The topological polar surface area (TPSA) is 64.0 Å². The summed E-state index contributed by atoms with van der Waals surface area (Å²) in [7, 11) is -1.96. The number of hydrogen-bond acceptors (Lipinski definition) is 4. The van der Waals surface area contributed by atoms with Crippen molar-refractivity contribution in [3.05, 3.63) is 89.3 Å². The molecule has 0 fully saturated rings. The predicted octanol–water partition coefficient (Wildman–Crippen LogP) is 4.14. The van der Waals surface area contributed by atoms with Gasteiger partial charge in [-0.3, -0.25) is 4.98 Å². The van der Waals surface area contributed by atoms with Gasteiger partial charge in [-0.2, -0.15) is 0 Å². The fourth-order valence-electron chi connectivity index (χ4n) is 2.96. The van der Waals surface area contributed by atoms with E-state index in [-0.39, 0.29) is 0 Å². The van der Waals surface area contributed by atoms with E-state index in [4.69, 9.17) is 0 Å². The average Bonchev–Trinajstić information content (AvgIpc) is 3.08. The first-order chi connectivity index (χ1) is 13.0. The van der Waals surface area contributed by atoms with Crippen molar-refractivity contribution in [2.24, 2.45) is 0 Å². The highest BCUT2D eigenvalue weighted by Gasteiger charge is 2.29. The minimum absolute atomic E-state index is 0.558. The van der Waals surface area contributed by atoms with Crippen LogP contribution < -0.4 is 5.32 Å². The smallest absolute Gasteiger partial charge is 0.249 e. The summed E-state index contributed by atoms with van der Waals surface area (Å²) in [6, 6.07) is 13.1. The number of hydrogen-bond donors (Lipinski definition) is 1. The molecule has 0 amide bonds. The molecule has 7 heteroatoms. The Morgan fingerprint density at radius 2 is 2.00 bits per heavy atom. The third kappa shape index (κ3) is 4.05. The molecular formula is C20H20BrN3O2S. The zero-order valence-corrected chi connectivity index (χ0v) is 17.2. The van der Waals surface area contributed by atoms with E-state index in [2.05, 4.69) is 32.8 Å². The fourth-order valence-corrected chi connectivity index (χ4v) is 5.02. The van der Waals surface area contributed by atoms with Gasteiger partial charge < -0.3 is 5.32 Å². The van der Waals surface area contributed by atoms with Gasteiger partial charge in [0.25, 0.3) is 0 Å². The summed E-state index contributed by atoms with van der Waals surface area (Å²) in [6.45, 7) is 4.33. The van der Waals surface area contributed by atoms with Crippen LogP contribution in [0.5, 0.6) is 0 Å².